The fourth-order valence-corrected chi connectivity index (χ4v) is 5.03. The number of nitrogens with zero attached hydrogens (tertiary/aromatic N) is 2. The van der Waals surface area contributed by atoms with E-state index in [1.54, 1.807) is 25.1 Å². The molecule has 0 saturated carbocycles. The van der Waals surface area contributed by atoms with Crippen molar-refractivity contribution in [3.63, 3.8) is 0 Å². The molecule has 0 spiro atoms. The summed E-state index contributed by atoms with van der Waals surface area (Å²) in [5.74, 6) is 0.918. The summed E-state index contributed by atoms with van der Waals surface area (Å²) in [6.45, 7) is 5.09. The summed E-state index contributed by atoms with van der Waals surface area (Å²) in [5, 5.41) is 11.7. The van der Waals surface area contributed by atoms with E-state index in [1.807, 2.05) is 18.2 Å². The highest BCUT2D eigenvalue weighted by atomic mass is 32.2. The summed E-state index contributed by atoms with van der Waals surface area (Å²) in [5.41, 5.74) is 2.29. The van der Waals surface area contributed by atoms with E-state index in [1.165, 1.54) is 12.8 Å². The van der Waals surface area contributed by atoms with Crippen LogP contribution >= 0.6 is 0 Å². The summed E-state index contributed by atoms with van der Waals surface area (Å²) in [4.78, 5) is 1.94. The zero-order valence-corrected chi connectivity index (χ0v) is 20.0. The highest BCUT2D eigenvalue weighted by Crippen LogP contribution is 2.31. The van der Waals surface area contributed by atoms with Crippen LogP contribution in [-0.4, -0.2) is 55.0 Å². The fourth-order valence-electron chi connectivity index (χ4n) is 3.91. The van der Waals surface area contributed by atoms with Gasteiger partial charge in [-0.1, -0.05) is 18.2 Å². The number of nitriles is 1. The van der Waals surface area contributed by atoms with Gasteiger partial charge in [0, 0.05) is 43.6 Å². The molecule has 1 N–H and O–H groups in total. The quantitative estimate of drug-likeness (QED) is 0.386. The number of ether oxygens (including phenoxy) is 2. The van der Waals surface area contributed by atoms with Crippen molar-refractivity contribution in [2.24, 2.45) is 0 Å². The van der Waals surface area contributed by atoms with Crippen LogP contribution in [0.15, 0.2) is 57.9 Å². The predicted octanol–water partition coefficient (Wildman–Crippen LogP) is 3.76. The van der Waals surface area contributed by atoms with Crippen LogP contribution in [0.1, 0.15) is 12.7 Å². The normalized spacial score (nSPS) is 15.3. The number of sulfonamides is 1. The average Bonchev–Trinajstić information content (AvgIpc) is 3.35. The zero-order valence-electron chi connectivity index (χ0n) is 19.2. The van der Waals surface area contributed by atoms with E-state index >= 15 is 0 Å². The van der Waals surface area contributed by atoms with Gasteiger partial charge in [-0.2, -0.15) is 5.26 Å². The first-order valence-corrected chi connectivity index (χ1v) is 12.5. The number of methoxy groups -OCH3 is 1. The highest BCUT2D eigenvalue weighted by molar-refractivity contribution is 7.93. The van der Waals surface area contributed by atoms with Crippen molar-refractivity contribution >= 4 is 32.1 Å². The third-order valence-electron chi connectivity index (χ3n) is 5.77. The van der Waals surface area contributed by atoms with Crippen LogP contribution in [0.2, 0.25) is 0 Å². The number of hydrogen-bond donors (Lipinski definition) is 1. The lowest BCUT2D eigenvalue weighted by Crippen LogP contribution is -2.36. The van der Waals surface area contributed by atoms with E-state index in [0.29, 0.717) is 11.5 Å². The maximum atomic E-state index is 12.5. The van der Waals surface area contributed by atoms with E-state index < -0.39 is 10.0 Å². The summed E-state index contributed by atoms with van der Waals surface area (Å²) in [7, 11) is -2.50. The molecule has 1 aliphatic rings. The second kappa shape index (κ2) is 10.4. The van der Waals surface area contributed by atoms with Gasteiger partial charge in [0.1, 0.15) is 17.6 Å². The van der Waals surface area contributed by atoms with Gasteiger partial charge in [-0.05, 0) is 48.0 Å². The second-order valence-corrected chi connectivity index (χ2v) is 9.67. The van der Waals surface area contributed by atoms with E-state index in [2.05, 4.69) is 27.8 Å². The monoisotopic (exact) mass is 481 g/mol. The molecule has 9 heteroatoms. The Hall–Kier alpha value is -3.16. The van der Waals surface area contributed by atoms with Gasteiger partial charge in [-0.3, -0.25) is 0 Å². The Morgan fingerprint density at radius 2 is 1.85 bits per heavy atom. The van der Waals surface area contributed by atoms with Crippen molar-refractivity contribution in [1.29, 1.82) is 5.26 Å². The number of hydrogen-bond acceptors (Lipinski definition) is 7. The largest absolute Gasteiger partial charge is 0.456 e. The Balaban J connectivity index is 1.59. The molecule has 3 aromatic rings. The molecule has 8 nitrogen and oxygen atoms in total. The minimum absolute atomic E-state index is 0.0744. The van der Waals surface area contributed by atoms with Gasteiger partial charge < -0.3 is 18.8 Å². The number of benzene rings is 2. The van der Waals surface area contributed by atoms with E-state index in [0.717, 1.165) is 42.6 Å². The molecule has 34 heavy (non-hydrogen) atoms. The van der Waals surface area contributed by atoms with Crippen LogP contribution in [0.3, 0.4) is 0 Å². The van der Waals surface area contributed by atoms with Crippen LogP contribution in [0.25, 0.3) is 27.7 Å². The van der Waals surface area contributed by atoms with Crippen LogP contribution < -0.4 is 9.62 Å². The molecule has 1 saturated heterocycles. The maximum absolute atomic E-state index is 12.5. The Morgan fingerprint density at radius 3 is 2.59 bits per heavy atom. The molecular weight excluding hydrogens is 454 g/mol. The van der Waals surface area contributed by atoms with Gasteiger partial charge in [0.25, 0.3) is 10.0 Å². The SMILES string of the molecule is COCCNS(=O)(=O)/C(C#N)=C(\C)c1ccc(-c2ccc3cc(N4CCOCC4)ccc3c2)o1. The molecule has 2 heterocycles. The smallest absolute Gasteiger partial charge is 0.251 e. The molecular formula is C25H27N3O5S. The molecule has 0 aliphatic carbocycles. The van der Waals surface area contributed by atoms with Gasteiger partial charge in [0.15, 0.2) is 4.91 Å². The third-order valence-corrected chi connectivity index (χ3v) is 7.29. The highest BCUT2D eigenvalue weighted by Gasteiger charge is 2.22. The lowest BCUT2D eigenvalue weighted by Gasteiger charge is -2.29. The Morgan fingerprint density at radius 1 is 1.12 bits per heavy atom. The average molecular weight is 482 g/mol. The molecule has 0 bridgehead atoms. The van der Waals surface area contributed by atoms with Gasteiger partial charge >= 0.3 is 0 Å². The molecule has 0 unspecified atom stereocenters. The van der Waals surface area contributed by atoms with Crippen LogP contribution in [0, 0.1) is 11.3 Å². The number of morpholine rings is 1. The summed E-state index contributed by atoms with van der Waals surface area (Å²) in [6.07, 6.45) is 0. The molecule has 0 radical (unpaired) electrons. The first-order valence-electron chi connectivity index (χ1n) is 11.0. The molecule has 1 aliphatic heterocycles. The van der Waals surface area contributed by atoms with Crippen LogP contribution in [0.4, 0.5) is 5.69 Å². The number of furan rings is 1. The number of anilines is 1. The first-order chi connectivity index (χ1) is 16.4. The lowest BCUT2D eigenvalue weighted by atomic mass is 10.0. The zero-order chi connectivity index (χ0) is 24.1. The van der Waals surface area contributed by atoms with Crippen molar-refractivity contribution < 1.29 is 22.3 Å². The second-order valence-electron chi connectivity index (χ2n) is 7.97. The van der Waals surface area contributed by atoms with E-state index in [4.69, 9.17) is 13.9 Å². The van der Waals surface area contributed by atoms with E-state index in [-0.39, 0.29) is 23.6 Å². The number of fused-ring (bicyclic) bond motifs is 1. The minimum atomic E-state index is -3.97. The number of allylic oxidation sites excluding steroid dienone is 2. The van der Waals surface area contributed by atoms with Crippen molar-refractivity contribution in [3.8, 4) is 17.4 Å². The maximum Gasteiger partial charge on any atom is 0.251 e. The van der Waals surface area contributed by atoms with Crippen molar-refractivity contribution in [3.05, 3.63) is 59.2 Å². The summed E-state index contributed by atoms with van der Waals surface area (Å²) < 4.78 is 43.7. The van der Waals surface area contributed by atoms with Crippen molar-refractivity contribution in [1.82, 2.24) is 4.72 Å². The number of nitrogens with one attached hydrogen (secondary N) is 1. The molecule has 2 aromatic carbocycles. The molecule has 1 aromatic heterocycles. The minimum Gasteiger partial charge on any atom is -0.456 e. The van der Waals surface area contributed by atoms with Gasteiger partial charge in [-0.15, -0.1) is 0 Å². The van der Waals surface area contributed by atoms with Crippen LogP contribution in [0.5, 0.6) is 0 Å². The Labute approximate surface area is 199 Å². The van der Waals surface area contributed by atoms with Gasteiger partial charge in [0.2, 0.25) is 0 Å². The molecule has 4 rings (SSSR count). The summed E-state index contributed by atoms with van der Waals surface area (Å²) in [6, 6.07) is 17.7. The standard InChI is InChI=1S/C25H27N3O5S/c1-18(25(17-26)34(29,30)27-9-12-31-2)23-7-8-24(33-23)21-4-3-20-16-22(6-5-19(20)15-21)28-10-13-32-14-11-28/h3-8,15-16,27H,9-14H2,1-2H3/b25-18+. The summed E-state index contributed by atoms with van der Waals surface area (Å²) >= 11 is 0. The molecule has 0 amide bonds. The number of rotatable bonds is 8. The predicted molar refractivity (Wildman–Crippen MR) is 132 cm³/mol. The molecule has 1 fully saturated rings. The molecule has 0 atom stereocenters. The van der Waals surface area contributed by atoms with Crippen LogP contribution in [-0.2, 0) is 19.5 Å². The fraction of sp³-hybridized carbons (Fsp3) is 0.320. The Bertz CT molecular complexity index is 1350. The van der Waals surface area contributed by atoms with Crippen molar-refractivity contribution in [2.45, 2.75) is 6.92 Å². The topological polar surface area (TPSA) is 105 Å². The van der Waals surface area contributed by atoms with Gasteiger partial charge in [0.05, 0.1) is 19.8 Å². The van der Waals surface area contributed by atoms with E-state index in [9.17, 15) is 13.7 Å². The third kappa shape index (κ3) is 5.16. The first kappa shape index (κ1) is 24.0. The lowest BCUT2D eigenvalue weighted by molar-refractivity contribution is 0.122. The molecule has 178 valence electrons. The van der Waals surface area contributed by atoms with Crippen molar-refractivity contribution in [2.75, 3.05) is 51.5 Å². The van der Waals surface area contributed by atoms with Gasteiger partial charge in [-0.25, -0.2) is 13.1 Å². The Kier molecular flexibility index (Phi) is 7.34.